The number of esters is 1. The fourth-order valence-electron chi connectivity index (χ4n) is 2.33. The van der Waals surface area contributed by atoms with Crippen LogP contribution in [0.4, 0.5) is 0 Å². The number of nitrogens with one attached hydrogen (secondary N) is 1. The second-order valence-electron chi connectivity index (χ2n) is 6.70. The zero-order chi connectivity index (χ0) is 17.9. The average Bonchev–Trinajstić information content (AvgIpc) is 2.83. The maximum absolute atomic E-state index is 12.4. The summed E-state index contributed by atoms with van der Waals surface area (Å²) in [4.78, 5) is 31.2. The first kappa shape index (κ1) is 18.1. The molecule has 1 aromatic rings. The van der Waals surface area contributed by atoms with E-state index in [1.807, 2.05) is 38.9 Å². The molecule has 1 aliphatic rings. The number of carbonyl (C=O) groups is 2. The van der Waals surface area contributed by atoms with Crippen LogP contribution in [0.2, 0.25) is 0 Å². The highest BCUT2D eigenvalue weighted by atomic mass is 16.5. The molecule has 0 fully saturated rings. The van der Waals surface area contributed by atoms with Crippen molar-refractivity contribution in [2.45, 2.75) is 26.3 Å². The minimum absolute atomic E-state index is 0.0502. The van der Waals surface area contributed by atoms with E-state index in [0.717, 1.165) is 0 Å². The van der Waals surface area contributed by atoms with Crippen LogP contribution in [0.25, 0.3) is 0 Å². The van der Waals surface area contributed by atoms with E-state index in [1.54, 1.807) is 25.1 Å². The standard InChI is InChI=1S/C18H25N3O3/c1-12(2)18(3)17(23)19-15(20-18)13-8-6-7-9-14(13)16(22)24-11-10-21(4)5/h6-9,12H,10-11H2,1-5H3,(H,19,20,23). The summed E-state index contributed by atoms with van der Waals surface area (Å²) in [5, 5.41) is 2.81. The van der Waals surface area contributed by atoms with Crippen molar-refractivity contribution in [3.63, 3.8) is 0 Å². The molecule has 6 heteroatoms. The summed E-state index contributed by atoms with van der Waals surface area (Å²) in [7, 11) is 3.83. The maximum Gasteiger partial charge on any atom is 0.338 e. The second-order valence-corrected chi connectivity index (χ2v) is 6.70. The van der Waals surface area contributed by atoms with Crippen LogP contribution in [0.15, 0.2) is 29.3 Å². The topological polar surface area (TPSA) is 71.0 Å². The van der Waals surface area contributed by atoms with Crippen LogP contribution < -0.4 is 5.32 Å². The van der Waals surface area contributed by atoms with Gasteiger partial charge in [-0.2, -0.15) is 0 Å². The molecule has 1 N–H and O–H groups in total. The molecule has 6 nitrogen and oxygen atoms in total. The highest BCUT2D eigenvalue weighted by molar-refractivity contribution is 6.18. The van der Waals surface area contributed by atoms with E-state index >= 15 is 0 Å². The molecule has 0 radical (unpaired) electrons. The van der Waals surface area contributed by atoms with Crippen molar-refractivity contribution in [2.75, 3.05) is 27.2 Å². The Morgan fingerprint density at radius 1 is 1.33 bits per heavy atom. The molecule has 1 unspecified atom stereocenters. The summed E-state index contributed by atoms with van der Waals surface area (Å²) < 4.78 is 5.32. The third-order valence-corrected chi connectivity index (χ3v) is 4.33. The van der Waals surface area contributed by atoms with Crippen molar-refractivity contribution in [2.24, 2.45) is 10.9 Å². The maximum atomic E-state index is 12.4. The average molecular weight is 331 g/mol. The van der Waals surface area contributed by atoms with E-state index in [9.17, 15) is 9.59 Å². The van der Waals surface area contributed by atoms with E-state index < -0.39 is 11.5 Å². The number of hydrogen-bond donors (Lipinski definition) is 1. The van der Waals surface area contributed by atoms with E-state index in [2.05, 4.69) is 10.3 Å². The van der Waals surface area contributed by atoms with Crippen molar-refractivity contribution in [3.05, 3.63) is 35.4 Å². The monoisotopic (exact) mass is 331 g/mol. The van der Waals surface area contributed by atoms with Crippen LogP contribution in [0.3, 0.4) is 0 Å². The number of carbonyl (C=O) groups excluding carboxylic acids is 2. The SMILES string of the molecule is CC(C)C1(C)N=C(c2ccccc2C(=O)OCCN(C)C)NC1=O. The summed E-state index contributed by atoms with van der Waals surface area (Å²) >= 11 is 0. The Morgan fingerprint density at radius 3 is 2.58 bits per heavy atom. The first-order valence-corrected chi connectivity index (χ1v) is 8.08. The predicted molar refractivity (Wildman–Crippen MR) is 93.2 cm³/mol. The third kappa shape index (κ3) is 3.64. The first-order valence-electron chi connectivity index (χ1n) is 8.08. The fraction of sp³-hybridized carbons (Fsp3) is 0.500. The third-order valence-electron chi connectivity index (χ3n) is 4.33. The van der Waals surface area contributed by atoms with Crippen molar-refractivity contribution >= 4 is 17.7 Å². The van der Waals surface area contributed by atoms with Crippen LogP contribution in [-0.4, -0.2) is 55.4 Å². The molecular weight excluding hydrogens is 306 g/mol. The van der Waals surface area contributed by atoms with Gasteiger partial charge in [-0.25, -0.2) is 4.79 Å². The number of rotatable bonds is 6. The number of likely N-dealkylation sites (N-methyl/N-ethyl adjacent to an activating group) is 1. The number of amidine groups is 1. The van der Waals surface area contributed by atoms with Gasteiger partial charge in [0.05, 0.1) is 5.56 Å². The molecule has 0 saturated heterocycles. The molecular formula is C18H25N3O3. The van der Waals surface area contributed by atoms with Gasteiger partial charge in [0, 0.05) is 12.1 Å². The number of amides is 1. The lowest BCUT2D eigenvalue weighted by atomic mass is 9.89. The largest absolute Gasteiger partial charge is 0.461 e. The predicted octanol–water partition coefficient (Wildman–Crippen LogP) is 1.70. The highest BCUT2D eigenvalue weighted by Gasteiger charge is 2.42. The molecule has 1 atom stereocenters. The summed E-state index contributed by atoms with van der Waals surface area (Å²) in [6.07, 6.45) is 0. The van der Waals surface area contributed by atoms with Gasteiger partial charge >= 0.3 is 5.97 Å². The van der Waals surface area contributed by atoms with Crippen LogP contribution in [-0.2, 0) is 9.53 Å². The van der Waals surface area contributed by atoms with Crippen molar-refractivity contribution < 1.29 is 14.3 Å². The van der Waals surface area contributed by atoms with Gasteiger partial charge in [-0.1, -0.05) is 32.0 Å². The van der Waals surface area contributed by atoms with Crippen molar-refractivity contribution in [1.29, 1.82) is 0 Å². The molecule has 24 heavy (non-hydrogen) atoms. The molecule has 130 valence electrons. The minimum atomic E-state index is -0.822. The zero-order valence-corrected chi connectivity index (χ0v) is 14.9. The second kappa shape index (κ2) is 7.13. The van der Waals surface area contributed by atoms with Crippen molar-refractivity contribution in [3.8, 4) is 0 Å². The Kier molecular flexibility index (Phi) is 5.39. The van der Waals surface area contributed by atoms with Gasteiger partial charge < -0.3 is 15.0 Å². The van der Waals surface area contributed by atoms with E-state index in [1.165, 1.54) is 0 Å². The fourth-order valence-corrected chi connectivity index (χ4v) is 2.33. The van der Waals surface area contributed by atoms with Gasteiger partial charge in [0.1, 0.15) is 18.0 Å². The smallest absolute Gasteiger partial charge is 0.338 e. The molecule has 1 aliphatic heterocycles. The van der Waals surface area contributed by atoms with Crippen LogP contribution >= 0.6 is 0 Å². The van der Waals surface area contributed by atoms with Crippen LogP contribution in [0.1, 0.15) is 36.7 Å². The molecule has 1 heterocycles. The highest BCUT2D eigenvalue weighted by Crippen LogP contribution is 2.27. The number of benzene rings is 1. The van der Waals surface area contributed by atoms with Crippen LogP contribution in [0.5, 0.6) is 0 Å². The number of hydrogen-bond acceptors (Lipinski definition) is 5. The quantitative estimate of drug-likeness (QED) is 0.806. The molecule has 0 aliphatic carbocycles. The first-order chi connectivity index (χ1) is 11.3. The zero-order valence-electron chi connectivity index (χ0n) is 14.9. The van der Waals surface area contributed by atoms with E-state index in [-0.39, 0.29) is 11.8 Å². The lowest BCUT2D eigenvalue weighted by Gasteiger charge is -2.21. The Morgan fingerprint density at radius 2 is 2.00 bits per heavy atom. The Labute approximate surface area is 142 Å². The minimum Gasteiger partial charge on any atom is -0.461 e. The summed E-state index contributed by atoms with van der Waals surface area (Å²) in [6, 6.07) is 7.04. The number of aliphatic imine (C=N–C) groups is 1. The molecule has 0 saturated carbocycles. The lowest BCUT2D eigenvalue weighted by Crippen LogP contribution is -2.41. The van der Waals surface area contributed by atoms with Gasteiger partial charge in [0.2, 0.25) is 0 Å². The summed E-state index contributed by atoms with van der Waals surface area (Å²) in [5.41, 5.74) is 0.172. The van der Waals surface area contributed by atoms with Gasteiger partial charge in [-0.3, -0.25) is 9.79 Å². The molecule has 0 spiro atoms. The summed E-state index contributed by atoms with van der Waals surface area (Å²) in [5.74, 6) is -0.0867. The lowest BCUT2D eigenvalue weighted by molar-refractivity contribution is -0.124. The Bertz CT molecular complexity index is 667. The van der Waals surface area contributed by atoms with Crippen molar-refractivity contribution in [1.82, 2.24) is 10.2 Å². The number of ether oxygens (including phenoxy) is 1. The molecule has 2 rings (SSSR count). The summed E-state index contributed by atoms with van der Waals surface area (Å²) in [6.45, 7) is 6.67. The molecule has 0 aromatic heterocycles. The van der Waals surface area contributed by atoms with E-state index in [0.29, 0.717) is 30.1 Å². The van der Waals surface area contributed by atoms with Gasteiger partial charge in [-0.15, -0.1) is 0 Å². The van der Waals surface area contributed by atoms with Gasteiger partial charge in [0.15, 0.2) is 0 Å². The Balaban J connectivity index is 2.27. The molecule has 1 aromatic carbocycles. The normalized spacial score (nSPS) is 20.3. The van der Waals surface area contributed by atoms with Crippen LogP contribution in [0, 0.1) is 5.92 Å². The van der Waals surface area contributed by atoms with Gasteiger partial charge in [0.25, 0.3) is 5.91 Å². The Hall–Kier alpha value is -2.21. The van der Waals surface area contributed by atoms with E-state index in [4.69, 9.17) is 4.74 Å². The molecule has 1 amide bonds. The number of nitrogens with zero attached hydrogens (tertiary/aromatic N) is 2. The van der Waals surface area contributed by atoms with Gasteiger partial charge in [-0.05, 0) is 33.0 Å². The molecule has 0 bridgehead atoms.